The Morgan fingerprint density at radius 3 is 2.43 bits per heavy atom. The van der Waals surface area contributed by atoms with Gasteiger partial charge in [0, 0.05) is 5.25 Å². The van der Waals surface area contributed by atoms with Crippen LogP contribution >= 0.6 is 11.9 Å². The van der Waals surface area contributed by atoms with Crippen molar-refractivity contribution in [1.29, 1.82) is 0 Å². The third-order valence-electron chi connectivity index (χ3n) is 1.34. The molecular weight excluding hydrogens is 106 g/mol. The zero-order valence-electron chi connectivity index (χ0n) is 4.61. The lowest BCUT2D eigenvalue weighted by Crippen LogP contribution is -2.16. The van der Waals surface area contributed by atoms with Crippen LogP contribution in [0.25, 0.3) is 0 Å². The summed E-state index contributed by atoms with van der Waals surface area (Å²) in [5, 5.41) is 0.935. The van der Waals surface area contributed by atoms with Gasteiger partial charge >= 0.3 is 0 Å². The van der Waals surface area contributed by atoms with Gasteiger partial charge in [-0.2, -0.15) is 0 Å². The second-order valence-corrected chi connectivity index (χ2v) is 3.19. The number of hydrogen-bond donors (Lipinski definition) is 1. The number of rotatable bonds is 2. The predicted molar refractivity (Wildman–Crippen MR) is 34.3 cm³/mol. The normalized spacial score (nSPS) is 21.9. The molecule has 0 atom stereocenters. The highest BCUT2D eigenvalue weighted by molar-refractivity contribution is 7.98. The minimum absolute atomic E-state index is 0.935. The Morgan fingerprint density at radius 1 is 1.57 bits per heavy atom. The van der Waals surface area contributed by atoms with Gasteiger partial charge in [0.25, 0.3) is 0 Å². The molecule has 7 heavy (non-hydrogen) atoms. The van der Waals surface area contributed by atoms with Crippen LogP contribution < -0.4 is 4.72 Å². The highest BCUT2D eigenvalue weighted by atomic mass is 32.2. The molecule has 0 unspecified atom stereocenters. The van der Waals surface area contributed by atoms with E-state index in [1.165, 1.54) is 19.3 Å². The molecule has 0 aromatic rings. The molecule has 42 valence electrons. The third-order valence-corrected chi connectivity index (χ3v) is 2.38. The molecule has 0 aliphatic heterocycles. The molecule has 1 N–H and O–H groups in total. The van der Waals surface area contributed by atoms with Crippen LogP contribution in [0.3, 0.4) is 0 Å². The van der Waals surface area contributed by atoms with Crippen molar-refractivity contribution < 1.29 is 0 Å². The van der Waals surface area contributed by atoms with Crippen molar-refractivity contribution >= 4 is 11.9 Å². The predicted octanol–water partition coefficient (Wildman–Crippen LogP) is 1.41. The van der Waals surface area contributed by atoms with E-state index in [4.69, 9.17) is 0 Å². The highest BCUT2D eigenvalue weighted by Gasteiger charge is 2.16. The number of hydrogen-bond acceptors (Lipinski definition) is 2. The molecule has 1 fully saturated rings. The summed E-state index contributed by atoms with van der Waals surface area (Å²) >= 11 is 1.87. The van der Waals surface area contributed by atoms with Crippen LogP contribution in [-0.4, -0.2) is 12.3 Å². The summed E-state index contributed by atoms with van der Waals surface area (Å²) in [5.41, 5.74) is 0. The van der Waals surface area contributed by atoms with E-state index in [9.17, 15) is 0 Å². The maximum absolute atomic E-state index is 3.09. The lowest BCUT2D eigenvalue weighted by Gasteiger charge is -2.23. The van der Waals surface area contributed by atoms with E-state index in [1.807, 2.05) is 19.0 Å². The van der Waals surface area contributed by atoms with Crippen LogP contribution in [0, 0.1) is 0 Å². The van der Waals surface area contributed by atoms with Gasteiger partial charge in [0.2, 0.25) is 0 Å². The van der Waals surface area contributed by atoms with Gasteiger partial charge in [0.15, 0.2) is 0 Å². The van der Waals surface area contributed by atoms with Crippen LogP contribution in [0.4, 0.5) is 0 Å². The smallest absolute Gasteiger partial charge is 0.0192 e. The molecule has 0 radical (unpaired) electrons. The van der Waals surface area contributed by atoms with Gasteiger partial charge in [0.05, 0.1) is 0 Å². The fraction of sp³-hybridized carbons (Fsp3) is 1.00. The molecule has 1 nitrogen and oxygen atoms in total. The molecule has 0 amide bonds. The van der Waals surface area contributed by atoms with Crippen LogP contribution in [0.5, 0.6) is 0 Å². The fourth-order valence-corrected chi connectivity index (χ4v) is 1.56. The lowest BCUT2D eigenvalue weighted by atomic mass is 10.0. The molecule has 1 saturated carbocycles. The summed E-state index contributed by atoms with van der Waals surface area (Å²) in [6.07, 6.45) is 4.29. The lowest BCUT2D eigenvalue weighted by molar-refractivity contribution is 0.521. The van der Waals surface area contributed by atoms with Crippen molar-refractivity contribution in [3.05, 3.63) is 0 Å². The molecule has 0 heterocycles. The van der Waals surface area contributed by atoms with Crippen molar-refractivity contribution in [2.24, 2.45) is 0 Å². The first-order chi connectivity index (χ1) is 3.43. The first kappa shape index (κ1) is 5.45. The van der Waals surface area contributed by atoms with E-state index in [1.54, 1.807) is 0 Å². The van der Waals surface area contributed by atoms with Crippen molar-refractivity contribution in [3.8, 4) is 0 Å². The Bertz CT molecular complexity index is 52.0. The maximum atomic E-state index is 3.09. The molecule has 0 spiro atoms. The zero-order chi connectivity index (χ0) is 5.11. The minimum atomic E-state index is 0.935. The van der Waals surface area contributed by atoms with Gasteiger partial charge in [-0.05, 0) is 19.9 Å². The van der Waals surface area contributed by atoms with Gasteiger partial charge in [-0.1, -0.05) is 18.4 Å². The third kappa shape index (κ3) is 1.35. The van der Waals surface area contributed by atoms with Crippen LogP contribution in [0.2, 0.25) is 0 Å². The monoisotopic (exact) mass is 117 g/mol. The average molecular weight is 117 g/mol. The Morgan fingerprint density at radius 2 is 2.29 bits per heavy atom. The van der Waals surface area contributed by atoms with E-state index in [-0.39, 0.29) is 0 Å². The summed E-state index contributed by atoms with van der Waals surface area (Å²) in [6, 6.07) is 0. The van der Waals surface area contributed by atoms with Crippen molar-refractivity contribution in [3.63, 3.8) is 0 Å². The SMILES string of the molecule is CNSC1CCC1. The van der Waals surface area contributed by atoms with Crippen molar-refractivity contribution in [2.75, 3.05) is 7.05 Å². The zero-order valence-corrected chi connectivity index (χ0v) is 5.42. The van der Waals surface area contributed by atoms with Crippen molar-refractivity contribution in [1.82, 2.24) is 4.72 Å². The summed E-state index contributed by atoms with van der Waals surface area (Å²) < 4.78 is 3.09. The summed E-state index contributed by atoms with van der Waals surface area (Å²) in [6.45, 7) is 0. The standard InChI is InChI=1S/C5H11NS/c1-6-7-5-3-2-4-5/h5-6H,2-4H2,1H3. The van der Waals surface area contributed by atoms with E-state index < -0.39 is 0 Å². The molecular formula is C5H11NS. The fourth-order valence-electron chi connectivity index (χ4n) is 0.655. The second-order valence-electron chi connectivity index (χ2n) is 1.87. The first-order valence-corrected chi connectivity index (χ1v) is 3.64. The first-order valence-electron chi connectivity index (χ1n) is 2.76. The molecule has 1 rings (SSSR count). The van der Waals surface area contributed by atoms with Gasteiger partial charge in [-0.15, -0.1) is 0 Å². The van der Waals surface area contributed by atoms with Crippen LogP contribution in [0.1, 0.15) is 19.3 Å². The van der Waals surface area contributed by atoms with Gasteiger partial charge in [-0.25, -0.2) is 0 Å². The maximum Gasteiger partial charge on any atom is 0.0192 e. The van der Waals surface area contributed by atoms with Crippen LogP contribution in [-0.2, 0) is 0 Å². The van der Waals surface area contributed by atoms with E-state index in [2.05, 4.69) is 4.72 Å². The summed E-state index contributed by atoms with van der Waals surface area (Å²) in [5.74, 6) is 0. The largest absolute Gasteiger partial charge is 0.267 e. The molecule has 2 heteroatoms. The molecule has 1 aliphatic carbocycles. The Kier molecular flexibility index (Phi) is 2.00. The molecule has 1 aliphatic rings. The highest BCUT2D eigenvalue weighted by Crippen LogP contribution is 2.28. The average Bonchev–Trinajstić information content (AvgIpc) is 1.55. The summed E-state index contributed by atoms with van der Waals surface area (Å²) in [4.78, 5) is 0. The molecule has 0 aromatic carbocycles. The Labute approximate surface area is 49.0 Å². The number of nitrogens with one attached hydrogen (secondary N) is 1. The van der Waals surface area contributed by atoms with E-state index >= 15 is 0 Å². The molecule has 0 saturated heterocycles. The van der Waals surface area contributed by atoms with Crippen molar-refractivity contribution in [2.45, 2.75) is 24.5 Å². The Hall–Kier alpha value is 0.310. The second kappa shape index (κ2) is 2.58. The Balaban J connectivity index is 1.93. The van der Waals surface area contributed by atoms with E-state index in [0.29, 0.717) is 0 Å². The van der Waals surface area contributed by atoms with Crippen LogP contribution in [0.15, 0.2) is 0 Å². The summed E-state index contributed by atoms with van der Waals surface area (Å²) in [7, 11) is 1.99. The molecule has 0 bridgehead atoms. The van der Waals surface area contributed by atoms with Gasteiger partial charge < -0.3 is 0 Å². The minimum Gasteiger partial charge on any atom is -0.267 e. The quantitative estimate of drug-likeness (QED) is 0.549. The topological polar surface area (TPSA) is 12.0 Å². The van der Waals surface area contributed by atoms with Gasteiger partial charge in [0.1, 0.15) is 0 Å². The van der Waals surface area contributed by atoms with Gasteiger partial charge in [-0.3, -0.25) is 4.72 Å². The molecule has 0 aromatic heterocycles. The van der Waals surface area contributed by atoms with E-state index in [0.717, 1.165) is 5.25 Å².